The van der Waals surface area contributed by atoms with Crippen LogP contribution in [-0.4, -0.2) is 11.7 Å². The second kappa shape index (κ2) is 5.25. The van der Waals surface area contributed by atoms with Gasteiger partial charge in [0.15, 0.2) is 0 Å². The Balaban J connectivity index is 2.05. The van der Waals surface area contributed by atoms with Gasteiger partial charge in [0, 0.05) is 0 Å². The number of ether oxygens (including phenoxy) is 2. The SMILES string of the molecule is CCOc1ccc(Oc2ccc(O)cc2)cc1. The first-order valence-electron chi connectivity index (χ1n) is 5.47. The monoisotopic (exact) mass is 230 g/mol. The Kier molecular flexibility index (Phi) is 3.50. The van der Waals surface area contributed by atoms with Crippen LogP contribution in [0, 0.1) is 0 Å². The van der Waals surface area contributed by atoms with E-state index < -0.39 is 0 Å². The van der Waals surface area contributed by atoms with Crippen molar-refractivity contribution in [1.82, 2.24) is 0 Å². The number of benzene rings is 2. The maximum atomic E-state index is 9.15. The summed E-state index contributed by atoms with van der Waals surface area (Å²) in [6, 6.07) is 14.0. The lowest BCUT2D eigenvalue weighted by atomic mass is 10.3. The van der Waals surface area contributed by atoms with Crippen LogP contribution in [0.4, 0.5) is 0 Å². The van der Waals surface area contributed by atoms with Crippen molar-refractivity contribution in [2.24, 2.45) is 0 Å². The molecule has 0 bridgehead atoms. The summed E-state index contributed by atoms with van der Waals surface area (Å²) in [6.07, 6.45) is 0. The van der Waals surface area contributed by atoms with Crippen molar-refractivity contribution in [3.05, 3.63) is 48.5 Å². The van der Waals surface area contributed by atoms with Crippen molar-refractivity contribution in [2.75, 3.05) is 6.61 Å². The van der Waals surface area contributed by atoms with Gasteiger partial charge in [0.25, 0.3) is 0 Å². The lowest BCUT2D eigenvalue weighted by molar-refractivity contribution is 0.339. The van der Waals surface area contributed by atoms with E-state index in [-0.39, 0.29) is 5.75 Å². The fraction of sp³-hybridized carbons (Fsp3) is 0.143. The summed E-state index contributed by atoms with van der Waals surface area (Å²) in [4.78, 5) is 0. The average molecular weight is 230 g/mol. The van der Waals surface area contributed by atoms with E-state index in [4.69, 9.17) is 14.6 Å². The number of hydrogen-bond donors (Lipinski definition) is 1. The Labute approximate surface area is 100 Å². The normalized spacial score (nSPS) is 9.94. The molecule has 0 saturated heterocycles. The second-order valence-corrected chi connectivity index (χ2v) is 3.50. The van der Waals surface area contributed by atoms with Crippen LogP contribution in [0.3, 0.4) is 0 Å². The molecule has 0 amide bonds. The summed E-state index contributed by atoms with van der Waals surface area (Å²) in [5.41, 5.74) is 0. The summed E-state index contributed by atoms with van der Waals surface area (Å²) in [5, 5.41) is 9.15. The Bertz CT molecular complexity index is 460. The summed E-state index contributed by atoms with van der Waals surface area (Å²) in [7, 11) is 0. The summed E-state index contributed by atoms with van der Waals surface area (Å²) in [6.45, 7) is 2.60. The van der Waals surface area contributed by atoms with Gasteiger partial charge in [-0.05, 0) is 55.5 Å². The van der Waals surface area contributed by atoms with Crippen molar-refractivity contribution in [1.29, 1.82) is 0 Å². The molecule has 0 aliphatic heterocycles. The van der Waals surface area contributed by atoms with Gasteiger partial charge in [-0.15, -0.1) is 0 Å². The van der Waals surface area contributed by atoms with Gasteiger partial charge in [0.2, 0.25) is 0 Å². The van der Waals surface area contributed by atoms with E-state index in [1.165, 1.54) is 0 Å². The molecular weight excluding hydrogens is 216 g/mol. The minimum Gasteiger partial charge on any atom is -0.508 e. The molecule has 0 aliphatic carbocycles. The minimum absolute atomic E-state index is 0.226. The third-order valence-corrected chi connectivity index (χ3v) is 2.21. The number of hydrogen-bond acceptors (Lipinski definition) is 3. The minimum atomic E-state index is 0.226. The van der Waals surface area contributed by atoms with Crippen LogP contribution < -0.4 is 9.47 Å². The fourth-order valence-corrected chi connectivity index (χ4v) is 1.42. The molecule has 0 aromatic heterocycles. The van der Waals surface area contributed by atoms with Crippen LogP contribution in [0.2, 0.25) is 0 Å². The van der Waals surface area contributed by atoms with Crippen molar-refractivity contribution in [3.63, 3.8) is 0 Å². The van der Waals surface area contributed by atoms with E-state index in [1.54, 1.807) is 24.3 Å². The van der Waals surface area contributed by atoms with Gasteiger partial charge in [-0.3, -0.25) is 0 Å². The van der Waals surface area contributed by atoms with Crippen LogP contribution in [0.15, 0.2) is 48.5 Å². The Morgan fingerprint density at radius 3 is 1.82 bits per heavy atom. The molecule has 2 aromatic rings. The number of rotatable bonds is 4. The van der Waals surface area contributed by atoms with Crippen molar-refractivity contribution >= 4 is 0 Å². The molecule has 0 unspecified atom stereocenters. The Morgan fingerprint density at radius 1 is 0.824 bits per heavy atom. The van der Waals surface area contributed by atoms with Crippen LogP contribution in [0.25, 0.3) is 0 Å². The summed E-state index contributed by atoms with van der Waals surface area (Å²) in [5.74, 6) is 2.47. The molecular formula is C14H14O3. The summed E-state index contributed by atoms with van der Waals surface area (Å²) >= 11 is 0. The van der Waals surface area contributed by atoms with Gasteiger partial charge >= 0.3 is 0 Å². The lowest BCUT2D eigenvalue weighted by Gasteiger charge is -2.07. The smallest absolute Gasteiger partial charge is 0.127 e. The van der Waals surface area contributed by atoms with Crippen molar-refractivity contribution < 1.29 is 14.6 Å². The molecule has 2 aromatic carbocycles. The number of phenolic OH excluding ortho intramolecular Hbond substituents is 1. The van der Waals surface area contributed by atoms with Gasteiger partial charge in [-0.1, -0.05) is 0 Å². The molecule has 3 heteroatoms. The molecule has 0 atom stereocenters. The highest BCUT2D eigenvalue weighted by Gasteiger charge is 1.98. The lowest BCUT2D eigenvalue weighted by Crippen LogP contribution is -1.90. The molecule has 2 rings (SSSR count). The van der Waals surface area contributed by atoms with Crippen LogP contribution in [0.1, 0.15) is 6.92 Å². The standard InChI is InChI=1S/C14H14O3/c1-2-16-12-7-9-14(10-8-12)17-13-5-3-11(15)4-6-13/h3-10,15H,2H2,1H3. The van der Waals surface area contributed by atoms with Gasteiger partial charge in [-0.25, -0.2) is 0 Å². The first-order valence-corrected chi connectivity index (χ1v) is 5.47. The first kappa shape index (κ1) is 11.3. The predicted molar refractivity (Wildman–Crippen MR) is 65.8 cm³/mol. The molecule has 0 saturated carbocycles. The highest BCUT2D eigenvalue weighted by atomic mass is 16.5. The predicted octanol–water partition coefficient (Wildman–Crippen LogP) is 3.58. The second-order valence-electron chi connectivity index (χ2n) is 3.50. The van der Waals surface area contributed by atoms with E-state index in [9.17, 15) is 0 Å². The van der Waals surface area contributed by atoms with E-state index in [0.29, 0.717) is 12.4 Å². The molecule has 1 N–H and O–H groups in total. The molecule has 0 radical (unpaired) electrons. The van der Waals surface area contributed by atoms with Crippen molar-refractivity contribution in [2.45, 2.75) is 6.92 Å². The van der Waals surface area contributed by atoms with E-state index in [1.807, 2.05) is 31.2 Å². The zero-order valence-corrected chi connectivity index (χ0v) is 9.59. The van der Waals surface area contributed by atoms with E-state index in [2.05, 4.69) is 0 Å². The number of phenols is 1. The van der Waals surface area contributed by atoms with Gasteiger partial charge in [-0.2, -0.15) is 0 Å². The third-order valence-electron chi connectivity index (χ3n) is 2.21. The van der Waals surface area contributed by atoms with Crippen molar-refractivity contribution in [3.8, 4) is 23.0 Å². The quantitative estimate of drug-likeness (QED) is 0.872. The Hall–Kier alpha value is -2.16. The summed E-state index contributed by atoms with van der Waals surface area (Å²) < 4.78 is 10.9. The van der Waals surface area contributed by atoms with Gasteiger partial charge in [0.1, 0.15) is 23.0 Å². The molecule has 0 fully saturated rings. The zero-order chi connectivity index (χ0) is 12.1. The highest BCUT2D eigenvalue weighted by molar-refractivity contribution is 5.37. The first-order chi connectivity index (χ1) is 8.28. The van der Waals surface area contributed by atoms with Crippen LogP contribution >= 0.6 is 0 Å². The topological polar surface area (TPSA) is 38.7 Å². The van der Waals surface area contributed by atoms with Crippen LogP contribution in [0.5, 0.6) is 23.0 Å². The third kappa shape index (κ3) is 3.14. The molecule has 0 spiro atoms. The maximum absolute atomic E-state index is 9.15. The van der Waals surface area contributed by atoms with E-state index >= 15 is 0 Å². The molecule has 0 heterocycles. The Morgan fingerprint density at radius 2 is 1.29 bits per heavy atom. The maximum Gasteiger partial charge on any atom is 0.127 e. The molecule has 17 heavy (non-hydrogen) atoms. The van der Waals surface area contributed by atoms with Gasteiger partial charge in [0.05, 0.1) is 6.61 Å². The largest absolute Gasteiger partial charge is 0.508 e. The van der Waals surface area contributed by atoms with E-state index in [0.717, 1.165) is 11.5 Å². The average Bonchev–Trinajstić information content (AvgIpc) is 2.35. The number of aromatic hydroxyl groups is 1. The molecule has 88 valence electrons. The fourth-order valence-electron chi connectivity index (χ4n) is 1.42. The highest BCUT2D eigenvalue weighted by Crippen LogP contribution is 2.25. The zero-order valence-electron chi connectivity index (χ0n) is 9.59. The molecule has 0 aliphatic rings. The van der Waals surface area contributed by atoms with Gasteiger partial charge < -0.3 is 14.6 Å². The van der Waals surface area contributed by atoms with Crippen LogP contribution in [-0.2, 0) is 0 Å². The molecule has 3 nitrogen and oxygen atoms in total.